The van der Waals surface area contributed by atoms with Crippen molar-refractivity contribution in [3.8, 4) is 5.69 Å². The van der Waals surface area contributed by atoms with Crippen molar-refractivity contribution in [3.63, 3.8) is 0 Å². The van der Waals surface area contributed by atoms with Crippen molar-refractivity contribution in [3.05, 3.63) is 41.2 Å². The minimum atomic E-state index is 0.744. The van der Waals surface area contributed by atoms with Gasteiger partial charge in [-0.2, -0.15) is 0 Å². The molecule has 0 spiro atoms. The summed E-state index contributed by atoms with van der Waals surface area (Å²) in [5.74, 6) is 0. The van der Waals surface area contributed by atoms with Gasteiger partial charge in [-0.15, -0.1) is 12.6 Å². The van der Waals surface area contributed by atoms with Crippen molar-refractivity contribution in [2.24, 2.45) is 0 Å². The van der Waals surface area contributed by atoms with Crippen LogP contribution in [0.3, 0.4) is 0 Å². The first-order valence-corrected chi connectivity index (χ1v) is 5.36. The lowest BCUT2D eigenvalue weighted by atomic mass is 10.2. The van der Waals surface area contributed by atoms with Gasteiger partial charge in [-0.3, -0.25) is 4.57 Å². The molecule has 2 aromatic rings. The van der Waals surface area contributed by atoms with Gasteiger partial charge in [-0.25, -0.2) is 4.98 Å². The van der Waals surface area contributed by atoms with E-state index in [-0.39, 0.29) is 0 Å². The highest BCUT2D eigenvalue weighted by atomic mass is 32.1. The molecule has 1 aromatic heterocycles. The van der Waals surface area contributed by atoms with E-state index < -0.39 is 0 Å². The topological polar surface area (TPSA) is 17.8 Å². The minimum absolute atomic E-state index is 0.744. The molecule has 2 nitrogen and oxygen atoms in total. The highest BCUT2D eigenvalue weighted by Gasteiger charge is 2.08. The Morgan fingerprint density at radius 1 is 1.07 bits per heavy atom. The monoisotopic (exact) mass is 218 g/mol. The summed E-state index contributed by atoms with van der Waals surface area (Å²) in [6.07, 6.45) is 0. The van der Waals surface area contributed by atoms with Crippen LogP contribution in [0.25, 0.3) is 5.69 Å². The number of aromatic nitrogens is 2. The quantitative estimate of drug-likeness (QED) is 0.728. The SMILES string of the molecule is Cc1ccc(-n2c(S)nc(C)c2C)cc1. The number of benzene rings is 1. The first-order chi connectivity index (χ1) is 7.09. The average molecular weight is 218 g/mol. The first-order valence-electron chi connectivity index (χ1n) is 4.91. The van der Waals surface area contributed by atoms with Crippen LogP contribution >= 0.6 is 12.6 Å². The van der Waals surface area contributed by atoms with E-state index in [2.05, 4.69) is 60.3 Å². The molecule has 0 amide bonds. The number of imidazole rings is 1. The Balaban J connectivity index is 2.58. The molecule has 0 radical (unpaired) electrons. The van der Waals surface area contributed by atoms with Crippen LogP contribution in [-0.2, 0) is 0 Å². The Bertz CT molecular complexity index is 483. The van der Waals surface area contributed by atoms with Crippen LogP contribution < -0.4 is 0 Å². The highest BCUT2D eigenvalue weighted by Crippen LogP contribution is 2.20. The van der Waals surface area contributed by atoms with Crippen LogP contribution in [0.2, 0.25) is 0 Å². The van der Waals surface area contributed by atoms with Crippen molar-refractivity contribution in [2.45, 2.75) is 25.9 Å². The van der Waals surface area contributed by atoms with Crippen molar-refractivity contribution in [1.29, 1.82) is 0 Å². The van der Waals surface area contributed by atoms with E-state index in [1.165, 1.54) is 5.56 Å². The normalized spacial score (nSPS) is 10.7. The third-order valence-electron chi connectivity index (χ3n) is 2.62. The molecule has 1 heterocycles. The van der Waals surface area contributed by atoms with E-state index in [1.807, 2.05) is 6.92 Å². The fourth-order valence-corrected chi connectivity index (χ4v) is 2.01. The van der Waals surface area contributed by atoms with Gasteiger partial charge in [0.1, 0.15) is 0 Å². The van der Waals surface area contributed by atoms with E-state index in [1.54, 1.807) is 0 Å². The van der Waals surface area contributed by atoms with Crippen molar-refractivity contribution < 1.29 is 0 Å². The van der Waals surface area contributed by atoms with Crippen molar-refractivity contribution in [2.75, 3.05) is 0 Å². The molecule has 0 aliphatic carbocycles. The fourth-order valence-electron chi connectivity index (χ4n) is 1.60. The third-order valence-corrected chi connectivity index (χ3v) is 2.92. The van der Waals surface area contributed by atoms with Gasteiger partial charge in [0.2, 0.25) is 0 Å². The Hall–Kier alpha value is -1.22. The summed E-state index contributed by atoms with van der Waals surface area (Å²) in [6.45, 7) is 6.14. The maximum Gasteiger partial charge on any atom is 0.169 e. The lowest BCUT2D eigenvalue weighted by Gasteiger charge is -2.07. The molecule has 78 valence electrons. The molecule has 1 aromatic carbocycles. The zero-order valence-electron chi connectivity index (χ0n) is 9.15. The molecule has 0 unspecified atom stereocenters. The van der Waals surface area contributed by atoms with E-state index in [4.69, 9.17) is 0 Å². The van der Waals surface area contributed by atoms with E-state index in [0.717, 1.165) is 22.2 Å². The second-order valence-corrected chi connectivity index (χ2v) is 4.15. The smallest absolute Gasteiger partial charge is 0.169 e. The first kappa shape index (κ1) is 10.3. The van der Waals surface area contributed by atoms with Crippen LogP contribution in [0, 0.1) is 20.8 Å². The van der Waals surface area contributed by atoms with Gasteiger partial charge >= 0.3 is 0 Å². The van der Waals surface area contributed by atoms with Crippen molar-refractivity contribution in [1.82, 2.24) is 9.55 Å². The molecule has 0 saturated carbocycles. The van der Waals surface area contributed by atoms with Gasteiger partial charge in [0, 0.05) is 11.4 Å². The van der Waals surface area contributed by atoms with Crippen molar-refractivity contribution >= 4 is 12.6 Å². The van der Waals surface area contributed by atoms with Gasteiger partial charge in [0.25, 0.3) is 0 Å². The van der Waals surface area contributed by atoms with Crippen LogP contribution in [0.5, 0.6) is 0 Å². The summed E-state index contributed by atoms with van der Waals surface area (Å²) in [7, 11) is 0. The van der Waals surface area contributed by atoms with E-state index >= 15 is 0 Å². The summed E-state index contributed by atoms with van der Waals surface area (Å²) in [5.41, 5.74) is 4.54. The molecule has 3 heteroatoms. The molecule has 0 N–H and O–H groups in total. The Labute approximate surface area is 95.4 Å². The molecular weight excluding hydrogens is 204 g/mol. The number of hydrogen-bond donors (Lipinski definition) is 1. The zero-order chi connectivity index (χ0) is 11.0. The minimum Gasteiger partial charge on any atom is -0.292 e. The zero-order valence-corrected chi connectivity index (χ0v) is 10.0. The molecular formula is C12H14N2S. The van der Waals surface area contributed by atoms with Gasteiger partial charge in [-0.05, 0) is 32.9 Å². The average Bonchev–Trinajstić information content (AvgIpc) is 2.44. The molecule has 0 fully saturated rings. The lowest BCUT2D eigenvalue weighted by Crippen LogP contribution is -1.97. The number of nitrogens with zero attached hydrogens (tertiary/aromatic N) is 2. The maximum absolute atomic E-state index is 4.38. The maximum atomic E-state index is 4.38. The molecule has 0 atom stereocenters. The lowest BCUT2D eigenvalue weighted by molar-refractivity contribution is 0.874. The van der Waals surface area contributed by atoms with E-state index in [9.17, 15) is 0 Å². The predicted molar refractivity (Wildman–Crippen MR) is 65.0 cm³/mol. The van der Waals surface area contributed by atoms with Crippen LogP contribution in [0.1, 0.15) is 17.0 Å². The molecule has 0 aliphatic heterocycles. The van der Waals surface area contributed by atoms with Gasteiger partial charge < -0.3 is 0 Å². The summed E-state index contributed by atoms with van der Waals surface area (Å²) in [4.78, 5) is 4.34. The van der Waals surface area contributed by atoms with Gasteiger partial charge in [0.15, 0.2) is 5.16 Å². The van der Waals surface area contributed by atoms with Crippen LogP contribution in [0.4, 0.5) is 0 Å². The predicted octanol–water partition coefficient (Wildman–Crippen LogP) is 3.09. The Morgan fingerprint density at radius 2 is 1.67 bits per heavy atom. The number of hydrogen-bond acceptors (Lipinski definition) is 2. The number of thiol groups is 1. The molecule has 0 saturated heterocycles. The third kappa shape index (κ3) is 1.79. The van der Waals surface area contributed by atoms with Crippen LogP contribution in [-0.4, -0.2) is 9.55 Å². The molecule has 2 rings (SSSR count). The second kappa shape index (κ2) is 3.74. The summed E-state index contributed by atoms with van der Waals surface area (Å²) in [6, 6.07) is 8.36. The standard InChI is InChI=1S/C12H14N2S/c1-8-4-6-11(7-5-8)14-10(3)9(2)13-12(14)15/h4-7H,1-3H3,(H,13,15). The molecule has 0 aliphatic rings. The van der Waals surface area contributed by atoms with Gasteiger partial charge in [-0.1, -0.05) is 17.7 Å². The number of rotatable bonds is 1. The summed E-state index contributed by atoms with van der Waals surface area (Å²) < 4.78 is 2.05. The number of aryl methyl sites for hydroxylation is 2. The molecule has 0 bridgehead atoms. The van der Waals surface area contributed by atoms with Crippen LogP contribution in [0.15, 0.2) is 29.4 Å². The van der Waals surface area contributed by atoms with Gasteiger partial charge in [0.05, 0.1) is 5.69 Å². The fraction of sp³-hybridized carbons (Fsp3) is 0.250. The summed E-state index contributed by atoms with van der Waals surface area (Å²) >= 11 is 4.38. The Morgan fingerprint density at radius 3 is 2.13 bits per heavy atom. The second-order valence-electron chi connectivity index (χ2n) is 3.75. The largest absolute Gasteiger partial charge is 0.292 e. The highest BCUT2D eigenvalue weighted by molar-refractivity contribution is 7.80. The van der Waals surface area contributed by atoms with E-state index in [0.29, 0.717) is 0 Å². The molecule has 15 heavy (non-hydrogen) atoms. The summed E-state index contributed by atoms with van der Waals surface area (Å²) in [5, 5.41) is 0.744. The Kier molecular flexibility index (Phi) is 2.57.